The van der Waals surface area contributed by atoms with Crippen LogP contribution in [0.5, 0.6) is 0 Å². The second-order valence-electron chi connectivity index (χ2n) is 8.42. The van der Waals surface area contributed by atoms with E-state index in [0.29, 0.717) is 17.4 Å². The van der Waals surface area contributed by atoms with Crippen LogP contribution in [-0.4, -0.2) is 23.4 Å². The van der Waals surface area contributed by atoms with E-state index in [1.54, 1.807) is 0 Å². The number of amides is 1. The molecule has 0 aromatic rings. The van der Waals surface area contributed by atoms with Gasteiger partial charge < -0.3 is 4.90 Å². The van der Waals surface area contributed by atoms with Gasteiger partial charge in [0, 0.05) is 19.0 Å². The molecular formula is C19H37NO. The number of carbonyl (C=O) groups is 1. The SMILES string of the molecule is CCCCC(C)(C)C(CC(C)(C)CCC)N1CCCC1=O. The average Bonchev–Trinajstić information content (AvgIpc) is 2.79. The molecule has 0 spiro atoms. The maximum Gasteiger partial charge on any atom is 0.222 e. The number of hydrogen-bond acceptors (Lipinski definition) is 1. The van der Waals surface area contributed by atoms with E-state index in [2.05, 4.69) is 46.4 Å². The first-order valence-corrected chi connectivity index (χ1v) is 9.03. The van der Waals surface area contributed by atoms with E-state index < -0.39 is 0 Å². The van der Waals surface area contributed by atoms with Crippen molar-refractivity contribution in [1.29, 1.82) is 0 Å². The predicted molar refractivity (Wildman–Crippen MR) is 91.3 cm³/mol. The van der Waals surface area contributed by atoms with Crippen molar-refractivity contribution in [3.63, 3.8) is 0 Å². The molecule has 2 nitrogen and oxygen atoms in total. The molecule has 1 atom stereocenters. The molecular weight excluding hydrogens is 258 g/mol. The minimum Gasteiger partial charge on any atom is -0.339 e. The van der Waals surface area contributed by atoms with Crippen LogP contribution < -0.4 is 0 Å². The van der Waals surface area contributed by atoms with Gasteiger partial charge in [0.05, 0.1) is 0 Å². The maximum atomic E-state index is 12.3. The lowest BCUT2D eigenvalue weighted by molar-refractivity contribution is -0.133. The molecule has 0 aromatic heterocycles. The Balaban J connectivity index is 2.91. The largest absolute Gasteiger partial charge is 0.339 e. The molecule has 1 heterocycles. The lowest BCUT2D eigenvalue weighted by Gasteiger charge is -2.44. The third-order valence-corrected chi connectivity index (χ3v) is 5.24. The smallest absolute Gasteiger partial charge is 0.222 e. The lowest BCUT2D eigenvalue weighted by atomic mass is 9.70. The quantitative estimate of drug-likeness (QED) is 0.557. The highest BCUT2D eigenvalue weighted by Crippen LogP contribution is 2.41. The highest BCUT2D eigenvalue weighted by Gasteiger charge is 2.40. The summed E-state index contributed by atoms with van der Waals surface area (Å²) in [6, 6.07) is 0.403. The average molecular weight is 296 g/mol. The van der Waals surface area contributed by atoms with Crippen LogP contribution in [0.4, 0.5) is 0 Å². The molecule has 0 bridgehead atoms. The number of carbonyl (C=O) groups excluding carboxylic acids is 1. The van der Waals surface area contributed by atoms with Crippen molar-refractivity contribution >= 4 is 5.91 Å². The summed E-state index contributed by atoms with van der Waals surface area (Å²) in [6.45, 7) is 15.0. The summed E-state index contributed by atoms with van der Waals surface area (Å²) in [5.41, 5.74) is 0.548. The van der Waals surface area contributed by atoms with Gasteiger partial charge in [0.25, 0.3) is 0 Å². The Morgan fingerprint density at radius 3 is 2.24 bits per heavy atom. The van der Waals surface area contributed by atoms with Crippen molar-refractivity contribution in [1.82, 2.24) is 4.90 Å². The highest BCUT2D eigenvalue weighted by atomic mass is 16.2. The van der Waals surface area contributed by atoms with Crippen molar-refractivity contribution in [2.75, 3.05) is 6.54 Å². The second kappa shape index (κ2) is 7.65. The van der Waals surface area contributed by atoms with Crippen molar-refractivity contribution in [3.8, 4) is 0 Å². The normalized spacial score (nSPS) is 18.4. The van der Waals surface area contributed by atoms with Crippen molar-refractivity contribution < 1.29 is 4.79 Å². The summed E-state index contributed by atoms with van der Waals surface area (Å²) >= 11 is 0. The van der Waals surface area contributed by atoms with E-state index in [1.807, 2.05) is 0 Å². The Hall–Kier alpha value is -0.530. The van der Waals surface area contributed by atoms with Crippen LogP contribution in [0.2, 0.25) is 0 Å². The summed E-state index contributed by atoms with van der Waals surface area (Å²) in [5, 5.41) is 0. The first kappa shape index (κ1) is 18.5. The number of nitrogens with zero attached hydrogens (tertiary/aromatic N) is 1. The van der Waals surface area contributed by atoms with Crippen LogP contribution in [0.1, 0.15) is 92.9 Å². The van der Waals surface area contributed by atoms with Crippen molar-refractivity contribution in [2.45, 2.75) is 99.0 Å². The lowest BCUT2D eigenvalue weighted by Crippen LogP contribution is -2.48. The molecule has 2 heteroatoms. The van der Waals surface area contributed by atoms with Crippen LogP contribution in [0.3, 0.4) is 0 Å². The number of hydrogen-bond donors (Lipinski definition) is 0. The van der Waals surface area contributed by atoms with Crippen LogP contribution in [0, 0.1) is 10.8 Å². The topological polar surface area (TPSA) is 20.3 Å². The van der Waals surface area contributed by atoms with Gasteiger partial charge in [-0.2, -0.15) is 0 Å². The molecule has 21 heavy (non-hydrogen) atoms. The van der Waals surface area contributed by atoms with Gasteiger partial charge in [0.15, 0.2) is 0 Å². The first-order valence-electron chi connectivity index (χ1n) is 9.03. The number of unbranched alkanes of at least 4 members (excludes halogenated alkanes) is 1. The van der Waals surface area contributed by atoms with Crippen molar-refractivity contribution in [2.24, 2.45) is 10.8 Å². The second-order valence-corrected chi connectivity index (χ2v) is 8.42. The first-order chi connectivity index (χ1) is 9.73. The third kappa shape index (κ3) is 5.30. The monoisotopic (exact) mass is 295 g/mol. The van der Waals surface area contributed by atoms with E-state index in [0.717, 1.165) is 25.8 Å². The molecule has 0 aliphatic carbocycles. The molecule has 0 N–H and O–H groups in total. The molecule has 0 radical (unpaired) electrons. The predicted octanol–water partition coefficient (Wildman–Crippen LogP) is 5.41. The molecule has 1 saturated heterocycles. The van der Waals surface area contributed by atoms with Crippen LogP contribution >= 0.6 is 0 Å². The van der Waals surface area contributed by atoms with Gasteiger partial charge in [-0.1, -0.05) is 60.8 Å². The molecule has 1 aliphatic heterocycles. The Morgan fingerprint density at radius 2 is 1.76 bits per heavy atom. The third-order valence-electron chi connectivity index (χ3n) is 5.24. The number of likely N-dealkylation sites (tertiary alicyclic amines) is 1. The Labute approximate surface area is 132 Å². The van der Waals surface area contributed by atoms with Gasteiger partial charge in [-0.05, 0) is 36.5 Å². The zero-order valence-corrected chi connectivity index (χ0v) is 15.3. The van der Waals surface area contributed by atoms with Crippen LogP contribution in [-0.2, 0) is 4.79 Å². The number of rotatable bonds is 9. The van der Waals surface area contributed by atoms with Gasteiger partial charge in [0.1, 0.15) is 0 Å². The van der Waals surface area contributed by atoms with Crippen molar-refractivity contribution in [3.05, 3.63) is 0 Å². The Morgan fingerprint density at radius 1 is 1.10 bits per heavy atom. The fourth-order valence-electron chi connectivity index (χ4n) is 3.91. The minimum absolute atomic E-state index is 0.223. The van der Waals surface area contributed by atoms with Gasteiger partial charge in [-0.3, -0.25) is 4.79 Å². The maximum absolute atomic E-state index is 12.3. The summed E-state index contributed by atoms with van der Waals surface area (Å²) in [4.78, 5) is 14.5. The van der Waals surface area contributed by atoms with Gasteiger partial charge in [-0.25, -0.2) is 0 Å². The minimum atomic E-state index is 0.223. The molecule has 124 valence electrons. The summed E-state index contributed by atoms with van der Waals surface area (Å²) in [5.74, 6) is 0.386. The Bertz CT molecular complexity index is 332. The van der Waals surface area contributed by atoms with E-state index in [4.69, 9.17) is 0 Å². The van der Waals surface area contributed by atoms with E-state index in [1.165, 1.54) is 32.1 Å². The van der Waals surface area contributed by atoms with E-state index in [9.17, 15) is 4.79 Å². The molecule has 1 rings (SSSR count). The standard InChI is InChI=1S/C19H37NO/c1-7-9-13-19(5,6)16(15-18(3,4)12-8-2)20-14-10-11-17(20)21/h16H,7-15H2,1-6H3. The zero-order valence-electron chi connectivity index (χ0n) is 15.3. The Kier molecular flexibility index (Phi) is 6.74. The van der Waals surface area contributed by atoms with Gasteiger partial charge >= 0.3 is 0 Å². The molecule has 0 saturated carbocycles. The fraction of sp³-hybridized carbons (Fsp3) is 0.947. The molecule has 1 aliphatic rings. The molecule has 1 amide bonds. The summed E-state index contributed by atoms with van der Waals surface area (Å²) in [6.07, 6.45) is 9.14. The summed E-state index contributed by atoms with van der Waals surface area (Å²) in [7, 11) is 0. The zero-order chi connectivity index (χ0) is 16.1. The highest BCUT2D eigenvalue weighted by molar-refractivity contribution is 5.78. The molecule has 1 fully saturated rings. The van der Waals surface area contributed by atoms with E-state index >= 15 is 0 Å². The van der Waals surface area contributed by atoms with Crippen LogP contribution in [0.15, 0.2) is 0 Å². The van der Waals surface area contributed by atoms with E-state index in [-0.39, 0.29) is 5.41 Å². The fourth-order valence-corrected chi connectivity index (χ4v) is 3.91. The molecule has 0 aromatic carbocycles. The van der Waals surface area contributed by atoms with Crippen LogP contribution in [0.25, 0.3) is 0 Å². The molecule has 1 unspecified atom stereocenters. The van der Waals surface area contributed by atoms with Gasteiger partial charge in [0.2, 0.25) is 5.91 Å². The summed E-state index contributed by atoms with van der Waals surface area (Å²) < 4.78 is 0. The van der Waals surface area contributed by atoms with Gasteiger partial charge in [-0.15, -0.1) is 0 Å².